The molecule has 1 saturated carbocycles. The highest BCUT2D eigenvalue weighted by atomic mass is 16.5. The van der Waals surface area contributed by atoms with Crippen molar-refractivity contribution >= 4 is 0 Å². The van der Waals surface area contributed by atoms with Gasteiger partial charge in [0.2, 0.25) is 0 Å². The van der Waals surface area contributed by atoms with Crippen molar-refractivity contribution in [3.05, 3.63) is 29.8 Å². The van der Waals surface area contributed by atoms with E-state index in [4.69, 9.17) is 10.5 Å². The lowest BCUT2D eigenvalue weighted by atomic mass is 9.79. The fraction of sp³-hybridized carbons (Fsp3) is 0.625. The van der Waals surface area contributed by atoms with Crippen LogP contribution in [0, 0.1) is 5.92 Å². The minimum absolute atomic E-state index is 0.161. The number of ether oxygens (including phenoxy) is 1. The number of benzene rings is 1. The lowest BCUT2D eigenvalue weighted by molar-refractivity contribution is 0.266. The predicted molar refractivity (Wildman–Crippen MR) is 79.3 cm³/mol. The summed E-state index contributed by atoms with van der Waals surface area (Å²) < 4.78 is 5.47. The van der Waals surface area contributed by atoms with Gasteiger partial charge in [-0.3, -0.25) is 0 Å². The highest BCUT2D eigenvalue weighted by Gasteiger charge is 2.25. The largest absolute Gasteiger partial charge is 0.494 e. The van der Waals surface area contributed by atoms with Crippen molar-refractivity contribution in [1.82, 2.24) is 5.32 Å². The molecule has 0 heterocycles. The molecule has 1 aromatic rings. The van der Waals surface area contributed by atoms with Crippen LogP contribution < -0.4 is 15.8 Å². The van der Waals surface area contributed by atoms with Gasteiger partial charge >= 0.3 is 0 Å². The maximum absolute atomic E-state index is 6.42. The summed E-state index contributed by atoms with van der Waals surface area (Å²) in [6.07, 6.45) is 4.93. The van der Waals surface area contributed by atoms with Crippen molar-refractivity contribution in [2.75, 3.05) is 13.7 Å². The molecule has 0 saturated heterocycles. The van der Waals surface area contributed by atoms with E-state index in [9.17, 15) is 0 Å². The van der Waals surface area contributed by atoms with Gasteiger partial charge in [-0.15, -0.1) is 0 Å². The number of hydrogen-bond donors (Lipinski definition) is 2. The molecule has 0 radical (unpaired) electrons. The van der Waals surface area contributed by atoms with Crippen LogP contribution in [-0.2, 0) is 0 Å². The molecule has 1 atom stereocenters. The SMILES string of the molecule is CCOc1ccc(C(N)C2CCC(NC)CC2)cc1. The predicted octanol–water partition coefficient (Wildman–Crippen LogP) is 2.86. The molecule has 1 unspecified atom stereocenters. The summed E-state index contributed by atoms with van der Waals surface area (Å²) in [6, 6.07) is 9.12. The van der Waals surface area contributed by atoms with Crippen LogP contribution in [0.2, 0.25) is 0 Å². The molecular weight excluding hydrogens is 236 g/mol. The fourth-order valence-corrected chi connectivity index (χ4v) is 2.99. The van der Waals surface area contributed by atoms with Crippen LogP contribution in [0.5, 0.6) is 5.75 Å². The van der Waals surface area contributed by atoms with Crippen molar-refractivity contribution in [3.8, 4) is 5.75 Å². The zero-order chi connectivity index (χ0) is 13.7. The molecule has 0 bridgehead atoms. The minimum atomic E-state index is 0.161. The van der Waals surface area contributed by atoms with Crippen LogP contribution in [0.4, 0.5) is 0 Å². The molecule has 19 heavy (non-hydrogen) atoms. The Bertz CT molecular complexity index is 369. The topological polar surface area (TPSA) is 47.3 Å². The van der Waals surface area contributed by atoms with E-state index >= 15 is 0 Å². The highest BCUT2D eigenvalue weighted by Crippen LogP contribution is 2.33. The molecule has 0 spiro atoms. The van der Waals surface area contributed by atoms with Gasteiger partial charge in [-0.05, 0) is 63.3 Å². The molecule has 1 aliphatic rings. The van der Waals surface area contributed by atoms with E-state index in [2.05, 4.69) is 24.5 Å². The third-order valence-corrected chi connectivity index (χ3v) is 4.26. The van der Waals surface area contributed by atoms with E-state index in [1.165, 1.54) is 31.2 Å². The Balaban J connectivity index is 1.94. The molecule has 1 aromatic carbocycles. The summed E-state index contributed by atoms with van der Waals surface area (Å²) >= 11 is 0. The zero-order valence-electron chi connectivity index (χ0n) is 12.1. The first-order chi connectivity index (χ1) is 9.24. The smallest absolute Gasteiger partial charge is 0.119 e. The van der Waals surface area contributed by atoms with Gasteiger partial charge < -0.3 is 15.8 Å². The monoisotopic (exact) mass is 262 g/mol. The van der Waals surface area contributed by atoms with Gasteiger partial charge in [0.1, 0.15) is 5.75 Å². The third kappa shape index (κ3) is 3.71. The van der Waals surface area contributed by atoms with E-state index in [0.717, 1.165) is 5.75 Å². The molecule has 0 amide bonds. The van der Waals surface area contributed by atoms with Crippen molar-refractivity contribution < 1.29 is 4.74 Å². The maximum atomic E-state index is 6.42. The first kappa shape index (κ1) is 14.4. The quantitative estimate of drug-likeness (QED) is 0.858. The zero-order valence-corrected chi connectivity index (χ0v) is 12.1. The van der Waals surface area contributed by atoms with Gasteiger partial charge in [-0.2, -0.15) is 0 Å². The van der Waals surface area contributed by atoms with Crippen molar-refractivity contribution in [3.63, 3.8) is 0 Å². The van der Waals surface area contributed by atoms with Crippen LogP contribution in [0.15, 0.2) is 24.3 Å². The molecular formula is C16H26N2O. The van der Waals surface area contributed by atoms with Crippen LogP contribution >= 0.6 is 0 Å². The van der Waals surface area contributed by atoms with Gasteiger partial charge in [-0.1, -0.05) is 12.1 Å². The maximum Gasteiger partial charge on any atom is 0.119 e. The van der Waals surface area contributed by atoms with Crippen LogP contribution in [0.3, 0.4) is 0 Å². The Labute approximate surface area is 116 Å². The number of hydrogen-bond acceptors (Lipinski definition) is 3. The molecule has 106 valence electrons. The number of nitrogens with one attached hydrogen (secondary N) is 1. The molecule has 3 N–H and O–H groups in total. The second-order valence-electron chi connectivity index (χ2n) is 5.43. The third-order valence-electron chi connectivity index (χ3n) is 4.26. The summed E-state index contributed by atoms with van der Waals surface area (Å²) in [7, 11) is 2.05. The van der Waals surface area contributed by atoms with E-state index in [1.807, 2.05) is 19.1 Å². The Kier molecular flexibility index (Phi) is 5.23. The van der Waals surface area contributed by atoms with E-state index in [1.54, 1.807) is 0 Å². The molecule has 2 rings (SSSR count). The summed E-state index contributed by atoms with van der Waals surface area (Å²) in [5, 5.41) is 3.37. The van der Waals surface area contributed by atoms with E-state index in [-0.39, 0.29) is 6.04 Å². The van der Waals surface area contributed by atoms with Crippen LogP contribution in [-0.4, -0.2) is 19.7 Å². The van der Waals surface area contributed by atoms with Crippen molar-refractivity contribution in [2.45, 2.75) is 44.7 Å². The standard InChI is InChI=1S/C16H26N2O/c1-3-19-15-10-6-13(7-11-15)16(17)12-4-8-14(18-2)9-5-12/h6-7,10-12,14,16,18H,3-5,8-9,17H2,1-2H3. The Morgan fingerprint density at radius 1 is 1.21 bits per heavy atom. The van der Waals surface area contributed by atoms with Crippen molar-refractivity contribution in [1.29, 1.82) is 0 Å². The Morgan fingerprint density at radius 2 is 1.84 bits per heavy atom. The van der Waals surface area contributed by atoms with Crippen molar-refractivity contribution in [2.24, 2.45) is 11.7 Å². The Morgan fingerprint density at radius 3 is 2.37 bits per heavy atom. The second kappa shape index (κ2) is 6.92. The highest BCUT2D eigenvalue weighted by molar-refractivity contribution is 5.29. The number of nitrogens with two attached hydrogens (primary N) is 1. The summed E-state index contributed by atoms with van der Waals surface area (Å²) in [5.41, 5.74) is 7.65. The second-order valence-corrected chi connectivity index (χ2v) is 5.43. The molecule has 0 aromatic heterocycles. The summed E-state index contributed by atoms with van der Waals surface area (Å²) in [6.45, 7) is 2.71. The first-order valence-electron chi connectivity index (χ1n) is 7.40. The molecule has 1 aliphatic carbocycles. The van der Waals surface area contributed by atoms with Gasteiger partial charge in [0.15, 0.2) is 0 Å². The lowest BCUT2D eigenvalue weighted by Crippen LogP contribution is -2.33. The lowest BCUT2D eigenvalue weighted by Gasteiger charge is -2.32. The normalized spacial score (nSPS) is 25.0. The molecule has 3 heteroatoms. The average molecular weight is 262 g/mol. The van der Waals surface area contributed by atoms with Gasteiger partial charge in [0.25, 0.3) is 0 Å². The number of rotatable bonds is 5. The van der Waals surface area contributed by atoms with E-state index < -0.39 is 0 Å². The first-order valence-corrected chi connectivity index (χ1v) is 7.40. The van der Waals surface area contributed by atoms with Gasteiger partial charge in [0, 0.05) is 12.1 Å². The molecule has 1 fully saturated rings. The Hall–Kier alpha value is -1.06. The molecule has 0 aliphatic heterocycles. The van der Waals surface area contributed by atoms with E-state index in [0.29, 0.717) is 18.6 Å². The fourth-order valence-electron chi connectivity index (χ4n) is 2.99. The van der Waals surface area contributed by atoms with Gasteiger partial charge in [-0.25, -0.2) is 0 Å². The average Bonchev–Trinajstić information content (AvgIpc) is 2.48. The summed E-state index contributed by atoms with van der Waals surface area (Å²) in [4.78, 5) is 0. The summed E-state index contributed by atoms with van der Waals surface area (Å²) in [5.74, 6) is 1.54. The van der Waals surface area contributed by atoms with Crippen LogP contribution in [0.1, 0.15) is 44.2 Å². The minimum Gasteiger partial charge on any atom is -0.494 e. The van der Waals surface area contributed by atoms with Gasteiger partial charge in [0.05, 0.1) is 6.61 Å². The van der Waals surface area contributed by atoms with Crippen LogP contribution in [0.25, 0.3) is 0 Å². The molecule has 3 nitrogen and oxygen atoms in total.